The van der Waals surface area contributed by atoms with Gasteiger partial charge in [-0.3, -0.25) is 0 Å². The molecular formula is C15H22N2O4. The SMILES string of the molecule is COCC(C)N(C)C(=O)Nc1c(C)cc(C)cc1C(=O)O. The van der Waals surface area contributed by atoms with E-state index in [1.165, 1.54) is 4.90 Å². The topological polar surface area (TPSA) is 78.9 Å². The third-order valence-electron chi connectivity index (χ3n) is 3.33. The van der Waals surface area contributed by atoms with Gasteiger partial charge in [0.25, 0.3) is 0 Å². The lowest BCUT2D eigenvalue weighted by Gasteiger charge is -2.25. The molecule has 6 heteroatoms. The van der Waals surface area contributed by atoms with Crippen LogP contribution in [0.2, 0.25) is 0 Å². The van der Waals surface area contributed by atoms with Crippen molar-refractivity contribution in [3.63, 3.8) is 0 Å². The zero-order valence-corrected chi connectivity index (χ0v) is 13.1. The summed E-state index contributed by atoms with van der Waals surface area (Å²) in [6.07, 6.45) is 0. The molecule has 0 aromatic heterocycles. The number of carboxylic acid groups (broad SMARTS) is 1. The molecule has 6 nitrogen and oxygen atoms in total. The van der Waals surface area contributed by atoms with Crippen LogP contribution in [0.4, 0.5) is 10.5 Å². The normalized spacial score (nSPS) is 11.9. The number of rotatable bonds is 5. The van der Waals surface area contributed by atoms with E-state index in [9.17, 15) is 14.7 Å². The second kappa shape index (κ2) is 7.08. The minimum Gasteiger partial charge on any atom is -0.478 e. The number of likely N-dealkylation sites (N-methyl/N-ethyl adjacent to an activating group) is 1. The third kappa shape index (κ3) is 4.19. The second-order valence-corrected chi connectivity index (χ2v) is 5.15. The number of anilines is 1. The predicted octanol–water partition coefficient (Wildman–Crippen LogP) is 2.50. The lowest BCUT2D eigenvalue weighted by molar-refractivity contribution is 0.0698. The summed E-state index contributed by atoms with van der Waals surface area (Å²) in [7, 11) is 3.21. The minimum atomic E-state index is -1.07. The summed E-state index contributed by atoms with van der Waals surface area (Å²) in [4.78, 5) is 25.0. The first-order chi connectivity index (χ1) is 9.77. The van der Waals surface area contributed by atoms with Gasteiger partial charge in [0.1, 0.15) is 0 Å². The molecule has 0 radical (unpaired) electrons. The van der Waals surface area contributed by atoms with Gasteiger partial charge < -0.3 is 20.1 Å². The van der Waals surface area contributed by atoms with Gasteiger partial charge in [-0.25, -0.2) is 9.59 Å². The molecule has 1 unspecified atom stereocenters. The Kier molecular flexibility index (Phi) is 5.72. The smallest absolute Gasteiger partial charge is 0.337 e. The van der Waals surface area contributed by atoms with Gasteiger partial charge in [-0.05, 0) is 38.0 Å². The average molecular weight is 294 g/mol. The Labute approximate surface area is 124 Å². The molecule has 0 heterocycles. The van der Waals surface area contributed by atoms with Crippen LogP contribution in [0.3, 0.4) is 0 Å². The highest BCUT2D eigenvalue weighted by Gasteiger charge is 2.20. The van der Waals surface area contributed by atoms with Gasteiger partial charge in [-0.2, -0.15) is 0 Å². The molecule has 0 saturated carbocycles. The van der Waals surface area contributed by atoms with Crippen molar-refractivity contribution in [3.05, 3.63) is 28.8 Å². The molecule has 0 saturated heterocycles. The molecule has 2 N–H and O–H groups in total. The van der Waals surface area contributed by atoms with Crippen LogP contribution >= 0.6 is 0 Å². The van der Waals surface area contributed by atoms with E-state index in [0.717, 1.165) is 5.56 Å². The summed E-state index contributed by atoms with van der Waals surface area (Å²) in [6, 6.07) is 2.90. The molecule has 1 atom stereocenters. The van der Waals surface area contributed by atoms with Crippen molar-refractivity contribution >= 4 is 17.7 Å². The summed E-state index contributed by atoms with van der Waals surface area (Å²) in [5, 5.41) is 12.0. The Morgan fingerprint density at radius 1 is 1.38 bits per heavy atom. The molecule has 1 aromatic carbocycles. The maximum absolute atomic E-state index is 12.2. The number of hydrogen-bond donors (Lipinski definition) is 2. The average Bonchev–Trinajstić information content (AvgIpc) is 2.40. The van der Waals surface area contributed by atoms with Gasteiger partial charge >= 0.3 is 12.0 Å². The molecule has 1 rings (SSSR count). The van der Waals surface area contributed by atoms with Gasteiger partial charge in [-0.1, -0.05) is 6.07 Å². The van der Waals surface area contributed by atoms with E-state index in [1.54, 1.807) is 27.1 Å². The maximum atomic E-state index is 12.2. The second-order valence-electron chi connectivity index (χ2n) is 5.15. The van der Waals surface area contributed by atoms with Gasteiger partial charge in [0.2, 0.25) is 0 Å². The van der Waals surface area contributed by atoms with Crippen molar-refractivity contribution in [1.29, 1.82) is 0 Å². The predicted molar refractivity (Wildman–Crippen MR) is 81.0 cm³/mol. The number of carboxylic acids is 1. The monoisotopic (exact) mass is 294 g/mol. The Morgan fingerprint density at radius 3 is 2.52 bits per heavy atom. The Balaban J connectivity index is 3.02. The lowest BCUT2D eigenvalue weighted by atomic mass is 10.0. The lowest BCUT2D eigenvalue weighted by Crippen LogP contribution is -2.40. The molecule has 0 bridgehead atoms. The number of hydrogen-bond acceptors (Lipinski definition) is 3. The largest absolute Gasteiger partial charge is 0.478 e. The number of ether oxygens (including phenoxy) is 1. The first-order valence-electron chi connectivity index (χ1n) is 6.65. The van der Waals surface area contributed by atoms with Crippen LogP contribution in [0.1, 0.15) is 28.4 Å². The fourth-order valence-corrected chi connectivity index (χ4v) is 2.05. The summed E-state index contributed by atoms with van der Waals surface area (Å²) >= 11 is 0. The first-order valence-corrected chi connectivity index (χ1v) is 6.65. The van der Waals surface area contributed by atoms with Crippen molar-refractivity contribution in [2.45, 2.75) is 26.8 Å². The molecule has 0 aliphatic carbocycles. The van der Waals surface area contributed by atoms with Crippen LogP contribution in [0, 0.1) is 13.8 Å². The number of methoxy groups -OCH3 is 1. The molecule has 116 valence electrons. The Hall–Kier alpha value is -2.08. The summed E-state index contributed by atoms with van der Waals surface area (Å²) in [5.74, 6) is -1.07. The number of amides is 2. The number of aryl methyl sites for hydroxylation is 2. The van der Waals surface area contributed by atoms with E-state index in [4.69, 9.17) is 4.74 Å². The van der Waals surface area contributed by atoms with Crippen LogP contribution < -0.4 is 5.32 Å². The van der Waals surface area contributed by atoms with E-state index in [2.05, 4.69) is 5.32 Å². The van der Waals surface area contributed by atoms with Crippen molar-refractivity contribution < 1.29 is 19.4 Å². The molecule has 21 heavy (non-hydrogen) atoms. The quantitative estimate of drug-likeness (QED) is 0.874. The van der Waals surface area contributed by atoms with Crippen molar-refractivity contribution in [2.75, 3.05) is 26.1 Å². The number of nitrogens with one attached hydrogen (secondary N) is 1. The molecule has 0 fully saturated rings. The maximum Gasteiger partial charge on any atom is 0.337 e. The summed E-state index contributed by atoms with van der Waals surface area (Å²) in [5.41, 5.74) is 1.97. The highest BCUT2D eigenvalue weighted by atomic mass is 16.5. The fraction of sp³-hybridized carbons (Fsp3) is 0.467. The van der Waals surface area contributed by atoms with E-state index in [-0.39, 0.29) is 17.6 Å². The van der Waals surface area contributed by atoms with Gasteiger partial charge in [0.15, 0.2) is 0 Å². The number of carbonyl (C=O) groups is 2. The van der Waals surface area contributed by atoms with Gasteiger partial charge in [0.05, 0.1) is 23.9 Å². The van der Waals surface area contributed by atoms with Crippen LogP contribution in [0.25, 0.3) is 0 Å². The van der Waals surface area contributed by atoms with Crippen LogP contribution in [0.5, 0.6) is 0 Å². The summed E-state index contributed by atoms with van der Waals surface area (Å²) < 4.78 is 5.01. The van der Waals surface area contributed by atoms with Gasteiger partial charge in [0, 0.05) is 14.2 Å². The van der Waals surface area contributed by atoms with Gasteiger partial charge in [-0.15, -0.1) is 0 Å². The van der Waals surface area contributed by atoms with E-state index < -0.39 is 5.97 Å². The Bertz CT molecular complexity index is 543. The zero-order chi connectivity index (χ0) is 16.2. The standard InChI is InChI=1S/C15H22N2O4/c1-9-6-10(2)13(12(7-9)14(18)19)16-15(20)17(4)11(3)8-21-5/h6-7,11H,8H2,1-5H3,(H,16,20)(H,18,19). The van der Waals surface area contributed by atoms with E-state index in [0.29, 0.717) is 17.9 Å². The number of aromatic carboxylic acids is 1. The van der Waals surface area contributed by atoms with Crippen LogP contribution in [-0.2, 0) is 4.74 Å². The molecular weight excluding hydrogens is 272 g/mol. The Morgan fingerprint density at radius 2 is 2.00 bits per heavy atom. The number of nitrogens with zero attached hydrogens (tertiary/aromatic N) is 1. The number of benzene rings is 1. The van der Waals surface area contributed by atoms with E-state index in [1.807, 2.05) is 19.9 Å². The van der Waals surface area contributed by atoms with Crippen molar-refractivity contribution in [2.24, 2.45) is 0 Å². The molecule has 0 aliphatic heterocycles. The van der Waals surface area contributed by atoms with Crippen molar-refractivity contribution in [1.82, 2.24) is 4.90 Å². The zero-order valence-electron chi connectivity index (χ0n) is 13.1. The number of carbonyl (C=O) groups excluding carboxylic acids is 1. The van der Waals surface area contributed by atoms with Crippen molar-refractivity contribution in [3.8, 4) is 0 Å². The minimum absolute atomic E-state index is 0.0913. The first kappa shape index (κ1) is 17.0. The third-order valence-corrected chi connectivity index (χ3v) is 3.33. The fourth-order valence-electron chi connectivity index (χ4n) is 2.05. The summed E-state index contributed by atoms with van der Waals surface area (Å²) in [6.45, 7) is 5.84. The molecule has 0 aliphatic rings. The molecule has 1 aromatic rings. The van der Waals surface area contributed by atoms with Crippen LogP contribution in [-0.4, -0.2) is 48.8 Å². The highest BCUT2D eigenvalue weighted by molar-refractivity contribution is 6.01. The van der Waals surface area contributed by atoms with E-state index >= 15 is 0 Å². The van der Waals surface area contributed by atoms with Crippen LogP contribution in [0.15, 0.2) is 12.1 Å². The molecule has 2 amide bonds. The highest BCUT2D eigenvalue weighted by Crippen LogP contribution is 2.23. The molecule has 0 spiro atoms. The number of urea groups is 1.